The van der Waals surface area contributed by atoms with Crippen LogP contribution >= 0.6 is 0 Å². The summed E-state index contributed by atoms with van der Waals surface area (Å²) in [5.41, 5.74) is 3.14. The molecule has 6 heteroatoms. The molecule has 2 aromatic carbocycles. The highest BCUT2D eigenvalue weighted by Crippen LogP contribution is 2.60. The van der Waals surface area contributed by atoms with Crippen LogP contribution in [0.25, 0.3) is 0 Å². The summed E-state index contributed by atoms with van der Waals surface area (Å²) in [6, 6.07) is 20.2. The van der Waals surface area contributed by atoms with E-state index >= 15 is 0 Å². The SMILES string of the molecule is COc1cccc(C2(c3cccc(OC)c3)C[C@H]2C=CC(=O)NCCCCc2cccnn2)c1. The Balaban J connectivity index is 1.38. The van der Waals surface area contributed by atoms with Crippen LogP contribution in [-0.4, -0.2) is 36.9 Å². The van der Waals surface area contributed by atoms with E-state index in [-0.39, 0.29) is 17.2 Å². The van der Waals surface area contributed by atoms with E-state index in [1.807, 2.05) is 42.5 Å². The number of ether oxygens (including phenoxy) is 2. The summed E-state index contributed by atoms with van der Waals surface area (Å²) < 4.78 is 10.9. The standard InChI is InChI=1S/C28H31N3O3/c1-33-25-12-5-8-21(18-25)28(22-9-6-13-26(19-22)34-2)20-23(28)14-15-27(32)29-16-4-3-10-24-11-7-17-30-31-24/h5-9,11-15,17-19,23H,3-4,10,16,20H2,1-2H3,(H,29,32)/t23-/m1/s1. The zero-order chi connectivity index (χ0) is 23.8. The molecule has 1 fully saturated rings. The number of amides is 1. The van der Waals surface area contributed by atoms with Gasteiger partial charge in [0.1, 0.15) is 11.5 Å². The molecule has 1 aromatic heterocycles. The molecule has 34 heavy (non-hydrogen) atoms. The third kappa shape index (κ3) is 5.45. The summed E-state index contributed by atoms with van der Waals surface area (Å²) in [6.07, 6.45) is 9.04. The first kappa shape index (κ1) is 23.5. The summed E-state index contributed by atoms with van der Waals surface area (Å²) in [7, 11) is 3.36. The predicted octanol–water partition coefficient (Wildman–Crippen LogP) is 4.50. The summed E-state index contributed by atoms with van der Waals surface area (Å²) in [5.74, 6) is 1.81. The van der Waals surface area contributed by atoms with Gasteiger partial charge < -0.3 is 14.8 Å². The summed E-state index contributed by atoms with van der Waals surface area (Å²) in [4.78, 5) is 12.4. The van der Waals surface area contributed by atoms with E-state index in [0.29, 0.717) is 6.54 Å². The van der Waals surface area contributed by atoms with Gasteiger partial charge in [0, 0.05) is 18.2 Å². The smallest absolute Gasteiger partial charge is 0.243 e. The Hall–Kier alpha value is -3.67. The molecular weight excluding hydrogens is 426 g/mol. The average Bonchev–Trinajstić information content (AvgIpc) is 3.63. The third-order valence-corrected chi connectivity index (χ3v) is 6.45. The fraction of sp³-hybridized carbons (Fsp3) is 0.321. The molecule has 4 rings (SSSR count). The van der Waals surface area contributed by atoms with Crippen molar-refractivity contribution in [2.75, 3.05) is 20.8 Å². The fourth-order valence-corrected chi connectivity index (χ4v) is 4.52. The van der Waals surface area contributed by atoms with Crippen molar-refractivity contribution in [2.45, 2.75) is 31.1 Å². The number of nitrogens with one attached hydrogen (secondary N) is 1. The zero-order valence-electron chi connectivity index (χ0n) is 19.7. The third-order valence-electron chi connectivity index (χ3n) is 6.45. The maximum Gasteiger partial charge on any atom is 0.243 e. The van der Waals surface area contributed by atoms with Crippen molar-refractivity contribution in [1.82, 2.24) is 15.5 Å². The molecule has 1 aliphatic carbocycles. The van der Waals surface area contributed by atoms with Crippen LogP contribution in [0.5, 0.6) is 11.5 Å². The number of hydrogen-bond acceptors (Lipinski definition) is 5. The van der Waals surface area contributed by atoms with E-state index < -0.39 is 0 Å². The van der Waals surface area contributed by atoms with Gasteiger partial charge in [-0.25, -0.2) is 0 Å². The quantitative estimate of drug-likeness (QED) is 0.339. The molecular formula is C28H31N3O3. The molecule has 1 aliphatic rings. The lowest BCUT2D eigenvalue weighted by Crippen LogP contribution is -2.22. The Morgan fingerprint density at radius 3 is 2.35 bits per heavy atom. The highest BCUT2D eigenvalue weighted by atomic mass is 16.5. The molecule has 0 bridgehead atoms. The van der Waals surface area contributed by atoms with Gasteiger partial charge in [-0.2, -0.15) is 10.2 Å². The second-order valence-corrected chi connectivity index (χ2v) is 8.57. The number of methoxy groups -OCH3 is 2. The Kier molecular flexibility index (Phi) is 7.58. The topological polar surface area (TPSA) is 73.3 Å². The van der Waals surface area contributed by atoms with E-state index in [2.05, 4.69) is 39.8 Å². The molecule has 0 spiro atoms. The van der Waals surface area contributed by atoms with E-state index in [1.165, 1.54) is 11.1 Å². The van der Waals surface area contributed by atoms with Crippen molar-refractivity contribution in [3.05, 3.63) is 95.8 Å². The molecule has 1 saturated carbocycles. The number of benzene rings is 2. The minimum Gasteiger partial charge on any atom is -0.497 e. The number of allylic oxidation sites excluding steroid dienone is 1. The fourth-order valence-electron chi connectivity index (χ4n) is 4.52. The van der Waals surface area contributed by atoms with Crippen LogP contribution in [0.15, 0.2) is 79.0 Å². The molecule has 0 saturated heterocycles. The lowest BCUT2D eigenvalue weighted by atomic mass is 9.85. The van der Waals surface area contributed by atoms with Crippen LogP contribution in [0.3, 0.4) is 0 Å². The van der Waals surface area contributed by atoms with Crippen molar-refractivity contribution >= 4 is 5.91 Å². The second kappa shape index (κ2) is 11.0. The Morgan fingerprint density at radius 1 is 1.03 bits per heavy atom. The maximum atomic E-state index is 12.4. The molecule has 1 heterocycles. The summed E-state index contributed by atoms with van der Waals surface area (Å²) in [5, 5.41) is 11.0. The molecule has 0 aliphatic heterocycles. The molecule has 0 unspecified atom stereocenters. The van der Waals surface area contributed by atoms with Crippen LogP contribution in [-0.2, 0) is 16.6 Å². The van der Waals surface area contributed by atoms with Gasteiger partial charge in [0.15, 0.2) is 0 Å². The van der Waals surface area contributed by atoms with Crippen LogP contribution in [0.2, 0.25) is 0 Å². The number of aryl methyl sites for hydroxylation is 1. The minimum absolute atomic E-state index is 0.0587. The van der Waals surface area contributed by atoms with Gasteiger partial charge in [-0.15, -0.1) is 0 Å². The van der Waals surface area contributed by atoms with Gasteiger partial charge in [0.25, 0.3) is 0 Å². The van der Waals surface area contributed by atoms with Crippen molar-refractivity contribution in [3.63, 3.8) is 0 Å². The van der Waals surface area contributed by atoms with E-state index in [9.17, 15) is 4.79 Å². The van der Waals surface area contributed by atoms with Crippen LogP contribution in [0, 0.1) is 5.92 Å². The number of nitrogens with zero attached hydrogens (tertiary/aromatic N) is 2. The maximum absolute atomic E-state index is 12.4. The van der Waals surface area contributed by atoms with Gasteiger partial charge in [-0.1, -0.05) is 30.3 Å². The van der Waals surface area contributed by atoms with Gasteiger partial charge in [0.2, 0.25) is 5.91 Å². The van der Waals surface area contributed by atoms with Crippen LogP contribution in [0.1, 0.15) is 36.1 Å². The highest BCUT2D eigenvalue weighted by Gasteiger charge is 2.55. The molecule has 1 N–H and O–H groups in total. The highest BCUT2D eigenvalue weighted by molar-refractivity contribution is 5.87. The Morgan fingerprint density at radius 2 is 1.74 bits per heavy atom. The number of rotatable bonds is 11. The van der Waals surface area contributed by atoms with Gasteiger partial charge in [-0.3, -0.25) is 4.79 Å². The molecule has 0 radical (unpaired) electrons. The number of unbranched alkanes of at least 4 members (excludes halogenated alkanes) is 1. The van der Waals surface area contributed by atoms with E-state index in [1.54, 1.807) is 26.5 Å². The first-order valence-electron chi connectivity index (χ1n) is 11.7. The monoisotopic (exact) mass is 457 g/mol. The van der Waals surface area contributed by atoms with E-state index in [4.69, 9.17) is 9.47 Å². The number of carbonyl (C=O) groups excluding carboxylic acids is 1. The summed E-state index contributed by atoms with van der Waals surface area (Å²) in [6.45, 7) is 0.644. The summed E-state index contributed by atoms with van der Waals surface area (Å²) >= 11 is 0. The number of aromatic nitrogens is 2. The molecule has 3 aromatic rings. The first-order chi connectivity index (χ1) is 16.7. The van der Waals surface area contributed by atoms with Gasteiger partial charge >= 0.3 is 0 Å². The largest absolute Gasteiger partial charge is 0.497 e. The van der Waals surface area contributed by atoms with Gasteiger partial charge in [0.05, 0.1) is 19.9 Å². The van der Waals surface area contributed by atoms with Gasteiger partial charge in [-0.05, 0) is 85.2 Å². The van der Waals surface area contributed by atoms with Crippen molar-refractivity contribution in [2.24, 2.45) is 5.92 Å². The van der Waals surface area contributed by atoms with Crippen LogP contribution in [0.4, 0.5) is 0 Å². The molecule has 176 valence electrons. The van der Waals surface area contributed by atoms with Crippen molar-refractivity contribution < 1.29 is 14.3 Å². The predicted molar refractivity (Wildman–Crippen MR) is 132 cm³/mol. The normalized spacial score (nSPS) is 16.2. The second-order valence-electron chi connectivity index (χ2n) is 8.57. The molecule has 1 atom stereocenters. The lowest BCUT2D eigenvalue weighted by Gasteiger charge is -2.20. The minimum atomic E-state index is -0.198. The average molecular weight is 458 g/mol. The Labute approximate surface area is 201 Å². The van der Waals surface area contributed by atoms with Crippen LogP contribution < -0.4 is 14.8 Å². The number of hydrogen-bond donors (Lipinski definition) is 1. The lowest BCUT2D eigenvalue weighted by molar-refractivity contribution is -0.116. The van der Waals surface area contributed by atoms with E-state index in [0.717, 1.165) is 42.9 Å². The Bertz CT molecular complexity index is 1080. The van der Waals surface area contributed by atoms with Crippen molar-refractivity contribution in [1.29, 1.82) is 0 Å². The zero-order valence-corrected chi connectivity index (χ0v) is 19.7. The molecule has 1 amide bonds. The first-order valence-corrected chi connectivity index (χ1v) is 11.7. The number of carbonyl (C=O) groups is 1. The molecule has 6 nitrogen and oxygen atoms in total. The van der Waals surface area contributed by atoms with Crippen molar-refractivity contribution in [3.8, 4) is 11.5 Å².